The number of hydrogen-bond acceptors (Lipinski definition) is 5. The zero-order chi connectivity index (χ0) is 18.8. The topological polar surface area (TPSA) is 89.5 Å². The van der Waals surface area contributed by atoms with Gasteiger partial charge in [-0.3, -0.25) is 10.4 Å². The minimum atomic E-state index is 0.284. The molecular formula is C20H17ClN6. The summed E-state index contributed by atoms with van der Waals surface area (Å²) in [7, 11) is 0. The Morgan fingerprint density at radius 2 is 2.15 bits per heavy atom. The van der Waals surface area contributed by atoms with E-state index >= 15 is 0 Å². The third-order valence-electron chi connectivity index (χ3n) is 4.59. The highest BCUT2D eigenvalue weighted by Gasteiger charge is 2.24. The average molecular weight is 377 g/mol. The van der Waals surface area contributed by atoms with Gasteiger partial charge in [-0.15, -0.1) is 0 Å². The predicted octanol–water partition coefficient (Wildman–Crippen LogP) is 3.59. The third kappa shape index (κ3) is 3.03. The van der Waals surface area contributed by atoms with Crippen LogP contribution in [-0.4, -0.2) is 16.1 Å². The lowest BCUT2D eigenvalue weighted by atomic mass is 10.00. The van der Waals surface area contributed by atoms with Gasteiger partial charge in [0, 0.05) is 48.2 Å². The van der Waals surface area contributed by atoms with Crippen molar-refractivity contribution in [1.29, 1.82) is 10.7 Å². The molecule has 1 aliphatic rings. The molecule has 27 heavy (non-hydrogen) atoms. The van der Waals surface area contributed by atoms with Gasteiger partial charge in [-0.25, -0.2) is 0 Å². The molecule has 1 aliphatic heterocycles. The van der Waals surface area contributed by atoms with Crippen molar-refractivity contribution >= 4 is 23.1 Å². The highest BCUT2D eigenvalue weighted by atomic mass is 35.5. The Bertz CT molecular complexity index is 1100. The number of nitrogens with zero attached hydrogens (tertiary/aromatic N) is 3. The summed E-state index contributed by atoms with van der Waals surface area (Å²) in [6, 6.07) is 13.5. The number of rotatable bonds is 4. The summed E-state index contributed by atoms with van der Waals surface area (Å²) in [4.78, 5) is 4.13. The molecule has 1 aromatic carbocycles. The van der Waals surface area contributed by atoms with Crippen LogP contribution in [0.4, 0.5) is 11.5 Å². The second kappa shape index (κ2) is 7.14. The molecule has 3 N–H and O–H groups in total. The van der Waals surface area contributed by atoms with E-state index in [1.807, 2.05) is 34.9 Å². The van der Waals surface area contributed by atoms with Crippen LogP contribution in [0.1, 0.15) is 11.1 Å². The molecule has 3 heterocycles. The molecule has 7 heteroatoms. The second-order valence-corrected chi connectivity index (χ2v) is 6.61. The summed E-state index contributed by atoms with van der Waals surface area (Å²) in [5.74, 6) is 0.760. The molecule has 2 aromatic heterocycles. The largest absolute Gasteiger partial charge is 0.377 e. The fourth-order valence-electron chi connectivity index (χ4n) is 3.34. The summed E-state index contributed by atoms with van der Waals surface area (Å²) < 4.78 is 1.88. The molecule has 6 nitrogen and oxygen atoms in total. The maximum atomic E-state index is 9.94. The van der Waals surface area contributed by atoms with Gasteiger partial charge in [0.1, 0.15) is 17.4 Å². The Morgan fingerprint density at radius 3 is 2.89 bits per heavy atom. The quantitative estimate of drug-likeness (QED) is 0.649. The number of benzene rings is 1. The van der Waals surface area contributed by atoms with Crippen molar-refractivity contribution in [2.75, 3.05) is 17.2 Å². The molecule has 0 spiro atoms. The standard InChI is InChI=1S/C20H17ClN6/c21-16-6-2-1-5-14(16)17-15(10-22)18(20-25-8-9-27(20)19(17)23)26-12-13-4-3-7-24-11-13/h1-7,11,23,25-26H,8-9,12H2. The van der Waals surface area contributed by atoms with E-state index in [4.69, 9.17) is 17.0 Å². The van der Waals surface area contributed by atoms with Gasteiger partial charge in [0.15, 0.2) is 0 Å². The van der Waals surface area contributed by atoms with E-state index in [2.05, 4.69) is 21.7 Å². The Labute approximate surface area is 161 Å². The first-order valence-electron chi connectivity index (χ1n) is 8.57. The van der Waals surface area contributed by atoms with Gasteiger partial charge in [0.2, 0.25) is 0 Å². The number of nitrogens with one attached hydrogen (secondary N) is 3. The number of fused-ring (bicyclic) bond motifs is 1. The lowest BCUT2D eigenvalue weighted by molar-refractivity contribution is 0.747. The van der Waals surface area contributed by atoms with Crippen LogP contribution in [-0.2, 0) is 13.1 Å². The highest BCUT2D eigenvalue weighted by Crippen LogP contribution is 2.36. The van der Waals surface area contributed by atoms with Crippen molar-refractivity contribution in [3.05, 3.63) is 70.4 Å². The van der Waals surface area contributed by atoms with Gasteiger partial charge < -0.3 is 15.2 Å². The zero-order valence-corrected chi connectivity index (χ0v) is 15.2. The summed E-state index contributed by atoms with van der Waals surface area (Å²) in [5.41, 5.74) is 3.62. The molecule has 0 saturated carbocycles. The molecule has 0 radical (unpaired) electrons. The Kier molecular flexibility index (Phi) is 4.53. The molecule has 0 aliphatic carbocycles. The Hall–Kier alpha value is -3.30. The molecule has 0 saturated heterocycles. The van der Waals surface area contributed by atoms with Crippen molar-refractivity contribution < 1.29 is 0 Å². The molecule has 3 aromatic rings. The molecule has 0 unspecified atom stereocenters. The molecule has 0 fully saturated rings. The highest BCUT2D eigenvalue weighted by molar-refractivity contribution is 6.33. The van der Waals surface area contributed by atoms with Crippen LogP contribution in [0.3, 0.4) is 0 Å². The molecule has 4 rings (SSSR count). The van der Waals surface area contributed by atoms with Gasteiger partial charge in [-0.2, -0.15) is 5.26 Å². The van der Waals surface area contributed by atoms with Crippen LogP contribution in [0.2, 0.25) is 5.02 Å². The van der Waals surface area contributed by atoms with Crippen LogP contribution >= 0.6 is 11.6 Å². The first-order valence-corrected chi connectivity index (χ1v) is 8.95. The number of halogens is 1. The van der Waals surface area contributed by atoms with E-state index < -0.39 is 0 Å². The Balaban J connectivity index is 1.90. The van der Waals surface area contributed by atoms with Gasteiger partial charge in [-0.1, -0.05) is 35.9 Å². The molecule has 0 amide bonds. The summed E-state index contributed by atoms with van der Waals surface area (Å²) in [5, 5.41) is 25.8. The van der Waals surface area contributed by atoms with Gasteiger partial charge in [-0.05, 0) is 17.7 Å². The van der Waals surface area contributed by atoms with Gasteiger partial charge in [0.05, 0.1) is 11.3 Å². The van der Waals surface area contributed by atoms with E-state index in [1.54, 1.807) is 18.5 Å². The van der Waals surface area contributed by atoms with Crippen molar-refractivity contribution in [3.63, 3.8) is 0 Å². The third-order valence-corrected chi connectivity index (χ3v) is 4.92. The summed E-state index contributed by atoms with van der Waals surface area (Å²) >= 11 is 6.39. The van der Waals surface area contributed by atoms with Crippen molar-refractivity contribution in [2.24, 2.45) is 0 Å². The van der Waals surface area contributed by atoms with Gasteiger partial charge in [0.25, 0.3) is 0 Å². The van der Waals surface area contributed by atoms with Crippen LogP contribution in [0.5, 0.6) is 0 Å². The number of pyridine rings is 2. The second-order valence-electron chi connectivity index (χ2n) is 6.21. The van der Waals surface area contributed by atoms with Crippen LogP contribution < -0.4 is 16.1 Å². The average Bonchev–Trinajstić information content (AvgIpc) is 3.19. The fraction of sp³-hybridized carbons (Fsp3) is 0.150. The molecule has 134 valence electrons. The number of hydrogen-bond donors (Lipinski definition) is 3. The smallest absolute Gasteiger partial charge is 0.135 e. The molecular weight excluding hydrogens is 360 g/mol. The van der Waals surface area contributed by atoms with E-state index in [0.717, 1.165) is 11.4 Å². The lowest BCUT2D eigenvalue weighted by Crippen LogP contribution is -2.23. The minimum Gasteiger partial charge on any atom is -0.377 e. The van der Waals surface area contributed by atoms with E-state index in [-0.39, 0.29) is 5.49 Å². The SMILES string of the molecule is N#Cc1c(NCc2cccnc2)c2n(c(=N)c1-c1ccccc1Cl)CCN2. The zero-order valence-electron chi connectivity index (χ0n) is 14.5. The van der Waals surface area contributed by atoms with Crippen molar-refractivity contribution in [3.8, 4) is 17.2 Å². The van der Waals surface area contributed by atoms with Gasteiger partial charge >= 0.3 is 0 Å². The number of anilines is 2. The maximum absolute atomic E-state index is 9.94. The first-order chi connectivity index (χ1) is 13.2. The van der Waals surface area contributed by atoms with E-state index in [9.17, 15) is 5.26 Å². The maximum Gasteiger partial charge on any atom is 0.135 e. The fourth-order valence-corrected chi connectivity index (χ4v) is 3.57. The lowest BCUT2D eigenvalue weighted by Gasteiger charge is -2.19. The molecule has 0 bridgehead atoms. The summed E-state index contributed by atoms with van der Waals surface area (Å²) in [6.07, 6.45) is 3.51. The van der Waals surface area contributed by atoms with E-state index in [0.29, 0.717) is 47.0 Å². The first kappa shape index (κ1) is 17.1. The van der Waals surface area contributed by atoms with Crippen molar-refractivity contribution in [1.82, 2.24) is 9.55 Å². The number of nitriles is 1. The van der Waals surface area contributed by atoms with Crippen LogP contribution in [0, 0.1) is 16.7 Å². The van der Waals surface area contributed by atoms with Crippen molar-refractivity contribution in [2.45, 2.75) is 13.1 Å². The predicted molar refractivity (Wildman–Crippen MR) is 106 cm³/mol. The van der Waals surface area contributed by atoms with Crippen LogP contribution in [0.25, 0.3) is 11.1 Å². The molecule has 0 atom stereocenters. The Morgan fingerprint density at radius 1 is 1.30 bits per heavy atom. The monoisotopic (exact) mass is 376 g/mol. The normalized spacial score (nSPS) is 12.1. The summed E-state index contributed by atoms with van der Waals surface area (Å²) in [6.45, 7) is 1.90. The number of aromatic nitrogens is 2. The minimum absolute atomic E-state index is 0.284. The van der Waals surface area contributed by atoms with Crippen LogP contribution in [0.15, 0.2) is 48.8 Å². The van der Waals surface area contributed by atoms with E-state index in [1.165, 1.54) is 0 Å².